The molecule has 0 aliphatic carbocycles. The topological polar surface area (TPSA) is 38.9 Å². The summed E-state index contributed by atoms with van der Waals surface area (Å²) in [5, 5.41) is 4.02. The second-order valence-electron chi connectivity index (χ2n) is 1.72. The van der Waals surface area contributed by atoms with Gasteiger partial charge in [0.2, 0.25) is 0 Å². The first-order valence-electron chi connectivity index (χ1n) is 2.45. The van der Waals surface area contributed by atoms with Crippen LogP contribution in [0.5, 0.6) is 0 Å². The van der Waals surface area contributed by atoms with Gasteiger partial charge in [-0.3, -0.25) is 0 Å². The Labute approximate surface area is 60.1 Å². The van der Waals surface area contributed by atoms with Crippen LogP contribution in [0.4, 0.5) is 5.00 Å². The Morgan fingerprint density at radius 1 is 1.56 bits per heavy atom. The largest absolute Gasteiger partial charge is 0.391 e. The Balaban J connectivity index is 2.92. The Morgan fingerprint density at radius 2 is 2.44 bits per heavy atom. The number of nitrogens with zero attached hydrogens (tertiary/aromatic N) is 1. The van der Waals surface area contributed by atoms with E-state index in [0.29, 0.717) is 0 Å². The summed E-state index contributed by atoms with van der Waals surface area (Å²) in [5.41, 5.74) is 5.52. The van der Waals surface area contributed by atoms with Crippen molar-refractivity contribution in [2.24, 2.45) is 0 Å². The lowest BCUT2D eigenvalue weighted by molar-refractivity contribution is 1.76. The predicted octanol–water partition coefficient (Wildman–Crippen LogP) is 1.94. The molecule has 9 heavy (non-hydrogen) atoms. The van der Waals surface area contributed by atoms with E-state index in [9.17, 15) is 0 Å². The molecule has 0 radical (unpaired) electrons. The van der Waals surface area contributed by atoms with E-state index in [2.05, 4.69) is 4.37 Å². The van der Waals surface area contributed by atoms with Crippen LogP contribution in [-0.4, -0.2) is 4.37 Å². The van der Waals surface area contributed by atoms with Gasteiger partial charge in [0, 0.05) is 10.8 Å². The van der Waals surface area contributed by atoms with Crippen molar-refractivity contribution in [3.05, 3.63) is 11.4 Å². The number of hydrogen-bond acceptors (Lipinski definition) is 4. The molecule has 2 N–H and O–H groups in total. The number of rotatable bonds is 0. The van der Waals surface area contributed by atoms with Gasteiger partial charge in [-0.25, -0.2) is 0 Å². The van der Waals surface area contributed by atoms with E-state index in [1.54, 1.807) is 0 Å². The number of hydrogen-bond donors (Lipinski definition) is 1. The van der Waals surface area contributed by atoms with Crippen molar-refractivity contribution < 1.29 is 0 Å². The molecule has 0 aliphatic rings. The van der Waals surface area contributed by atoms with Crippen molar-refractivity contribution in [2.45, 2.75) is 0 Å². The zero-order chi connectivity index (χ0) is 6.27. The van der Waals surface area contributed by atoms with Crippen molar-refractivity contribution >= 4 is 38.1 Å². The van der Waals surface area contributed by atoms with Crippen molar-refractivity contribution in [3.63, 3.8) is 0 Å². The van der Waals surface area contributed by atoms with E-state index < -0.39 is 0 Å². The third-order valence-electron chi connectivity index (χ3n) is 1.07. The second kappa shape index (κ2) is 1.68. The second-order valence-corrected chi connectivity index (χ2v) is 3.42. The van der Waals surface area contributed by atoms with Crippen LogP contribution in [0.2, 0.25) is 0 Å². The number of nitrogen functional groups attached to an aromatic ring is 1. The van der Waals surface area contributed by atoms with E-state index in [-0.39, 0.29) is 0 Å². The molecule has 0 unspecified atom stereocenters. The molecule has 46 valence electrons. The van der Waals surface area contributed by atoms with Crippen LogP contribution in [0.3, 0.4) is 0 Å². The highest BCUT2D eigenvalue weighted by molar-refractivity contribution is 7.23. The summed E-state index contributed by atoms with van der Waals surface area (Å²) in [6.07, 6.45) is 0. The molecular formula is C5H4N2S2. The van der Waals surface area contributed by atoms with Crippen LogP contribution in [0.1, 0.15) is 0 Å². The molecule has 4 heteroatoms. The quantitative estimate of drug-likeness (QED) is 0.633. The van der Waals surface area contributed by atoms with Gasteiger partial charge in [0.1, 0.15) is 4.83 Å². The molecule has 0 saturated heterocycles. The fourth-order valence-corrected chi connectivity index (χ4v) is 2.25. The van der Waals surface area contributed by atoms with Gasteiger partial charge in [0.25, 0.3) is 0 Å². The minimum Gasteiger partial charge on any atom is -0.391 e. The van der Waals surface area contributed by atoms with Crippen molar-refractivity contribution in [1.82, 2.24) is 4.37 Å². The van der Waals surface area contributed by atoms with Gasteiger partial charge in [-0.2, -0.15) is 4.37 Å². The molecule has 0 bridgehead atoms. The van der Waals surface area contributed by atoms with E-state index in [1.165, 1.54) is 28.3 Å². The molecule has 2 nitrogen and oxygen atoms in total. The lowest BCUT2D eigenvalue weighted by Gasteiger charge is -1.71. The molecule has 0 aromatic carbocycles. The summed E-state index contributed by atoms with van der Waals surface area (Å²) >= 11 is 3.01. The fraction of sp³-hybridized carbons (Fsp3) is 0. The summed E-state index contributed by atoms with van der Waals surface area (Å²) < 4.78 is 4.12. The van der Waals surface area contributed by atoms with Crippen LogP contribution >= 0.6 is 22.9 Å². The van der Waals surface area contributed by atoms with Gasteiger partial charge in [-0.1, -0.05) is 11.3 Å². The highest BCUT2D eigenvalue weighted by Gasteiger charge is 1.98. The third kappa shape index (κ3) is 0.710. The first-order chi connectivity index (χ1) is 4.36. The molecule has 0 saturated carbocycles. The maximum atomic E-state index is 5.52. The lowest BCUT2D eigenvalue weighted by Crippen LogP contribution is -1.72. The summed E-state index contributed by atoms with van der Waals surface area (Å²) in [7, 11) is 0. The average molecular weight is 156 g/mol. The third-order valence-corrected chi connectivity index (χ3v) is 2.71. The normalized spacial score (nSPS) is 10.7. The molecule has 2 heterocycles. The van der Waals surface area contributed by atoms with Gasteiger partial charge in [-0.15, -0.1) is 0 Å². The Bertz CT molecular complexity index is 294. The van der Waals surface area contributed by atoms with Crippen molar-refractivity contribution in [2.75, 3.05) is 5.73 Å². The van der Waals surface area contributed by atoms with Crippen LogP contribution in [0, 0.1) is 0 Å². The molecule has 0 aliphatic heterocycles. The Kier molecular flexibility index (Phi) is 0.972. The molecule has 0 fully saturated rings. The molecule has 2 aromatic rings. The number of anilines is 1. The van der Waals surface area contributed by atoms with Crippen LogP contribution < -0.4 is 5.73 Å². The monoisotopic (exact) mass is 156 g/mol. The minimum absolute atomic E-state index is 0.848. The van der Waals surface area contributed by atoms with Crippen LogP contribution in [0.25, 0.3) is 10.2 Å². The summed E-state index contributed by atoms with van der Waals surface area (Å²) in [5.74, 6) is 0. The zero-order valence-corrected chi connectivity index (χ0v) is 6.13. The average Bonchev–Trinajstić information content (AvgIpc) is 2.22. The number of thiophene rings is 1. The minimum atomic E-state index is 0.848. The Hall–Kier alpha value is -0.610. The molecule has 2 rings (SSSR count). The smallest absolute Gasteiger partial charge is 0.139 e. The maximum Gasteiger partial charge on any atom is 0.139 e. The summed E-state index contributed by atoms with van der Waals surface area (Å²) in [6.45, 7) is 0. The number of aromatic nitrogens is 1. The fourth-order valence-electron chi connectivity index (χ4n) is 0.702. The van der Waals surface area contributed by atoms with E-state index in [4.69, 9.17) is 5.73 Å². The van der Waals surface area contributed by atoms with E-state index in [1.807, 2.05) is 11.4 Å². The van der Waals surface area contributed by atoms with Crippen molar-refractivity contribution in [3.8, 4) is 0 Å². The molecule has 0 atom stereocenters. The first-order valence-corrected chi connectivity index (χ1v) is 4.11. The predicted molar refractivity (Wildman–Crippen MR) is 41.9 cm³/mol. The SMILES string of the molecule is Nc1cc2csnc2s1. The van der Waals surface area contributed by atoms with Gasteiger partial charge in [0.05, 0.1) is 5.00 Å². The van der Waals surface area contributed by atoms with Crippen LogP contribution in [0.15, 0.2) is 11.4 Å². The van der Waals surface area contributed by atoms with E-state index in [0.717, 1.165) is 9.83 Å². The number of nitrogens with two attached hydrogens (primary N) is 1. The zero-order valence-electron chi connectivity index (χ0n) is 4.50. The highest BCUT2D eigenvalue weighted by atomic mass is 32.1. The molecule has 2 aromatic heterocycles. The first kappa shape index (κ1) is 5.20. The van der Waals surface area contributed by atoms with Gasteiger partial charge < -0.3 is 5.73 Å². The van der Waals surface area contributed by atoms with Crippen LogP contribution in [-0.2, 0) is 0 Å². The maximum absolute atomic E-state index is 5.52. The van der Waals surface area contributed by atoms with Crippen molar-refractivity contribution in [1.29, 1.82) is 0 Å². The van der Waals surface area contributed by atoms with Gasteiger partial charge in [-0.05, 0) is 17.6 Å². The molecular weight excluding hydrogens is 152 g/mol. The van der Waals surface area contributed by atoms with E-state index >= 15 is 0 Å². The molecule has 0 amide bonds. The summed E-state index contributed by atoms with van der Waals surface area (Å²) in [6, 6.07) is 1.95. The highest BCUT2D eigenvalue weighted by Crippen LogP contribution is 2.26. The summed E-state index contributed by atoms with van der Waals surface area (Å²) in [4.78, 5) is 1.05. The lowest BCUT2D eigenvalue weighted by atomic mass is 10.5. The Morgan fingerprint density at radius 3 is 3.22 bits per heavy atom. The standard InChI is InChI=1S/C5H4N2S2/c6-4-1-3-2-8-7-5(3)9-4/h1-2H,6H2. The number of fused-ring (bicyclic) bond motifs is 1. The van der Waals surface area contributed by atoms with Gasteiger partial charge in [0.15, 0.2) is 0 Å². The molecule has 0 spiro atoms. The van der Waals surface area contributed by atoms with Gasteiger partial charge >= 0.3 is 0 Å².